The molecule has 3 heteroatoms. The molecule has 1 aromatic carbocycles. The van der Waals surface area contributed by atoms with Crippen molar-refractivity contribution in [3.63, 3.8) is 0 Å². The van der Waals surface area contributed by atoms with Crippen molar-refractivity contribution in [1.82, 2.24) is 5.32 Å². The van der Waals surface area contributed by atoms with E-state index in [9.17, 15) is 0 Å². The van der Waals surface area contributed by atoms with Crippen molar-refractivity contribution in [3.05, 3.63) is 33.8 Å². The van der Waals surface area contributed by atoms with Gasteiger partial charge in [0.05, 0.1) is 10.0 Å². The summed E-state index contributed by atoms with van der Waals surface area (Å²) in [6, 6.07) is 6.62. The van der Waals surface area contributed by atoms with Gasteiger partial charge < -0.3 is 5.32 Å². The lowest BCUT2D eigenvalue weighted by atomic mass is 9.99. The fourth-order valence-electron chi connectivity index (χ4n) is 4.31. The zero-order valence-electron chi connectivity index (χ0n) is 20.5. The maximum atomic E-state index is 6.20. The first kappa shape index (κ1) is 28.8. The van der Waals surface area contributed by atoms with Crippen LogP contribution in [0.15, 0.2) is 18.2 Å². The summed E-state index contributed by atoms with van der Waals surface area (Å²) in [7, 11) is 0. The van der Waals surface area contributed by atoms with E-state index in [-0.39, 0.29) is 0 Å². The summed E-state index contributed by atoms with van der Waals surface area (Å²) in [6.45, 7) is 5.46. The van der Waals surface area contributed by atoms with Crippen molar-refractivity contribution in [3.8, 4) is 0 Å². The Kier molecular flexibility index (Phi) is 18.9. The van der Waals surface area contributed by atoms with Gasteiger partial charge in [-0.25, -0.2) is 0 Å². The van der Waals surface area contributed by atoms with Crippen molar-refractivity contribution in [2.45, 2.75) is 142 Å². The molecule has 0 bridgehead atoms. The minimum Gasteiger partial charge on any atom is -0.310 e. The summed E-state index contributed by atoms with van der Waals surface area (Å²) in [5.41, 5.74) is 1.23. The number of hydrogen-bond donors (Lipinski definition) is 1. The first-order chi connectivity index (χ1) is 15.2. The Morgan fingerprint density at radius 1 is 0.613 bits per heavy atom. The molecule has 0 aromatic heterocycles. The van der Waals surface area contributed by atoms with Crippen LogP contribution in [-0.2, 0) is 6.54 Å². The number of nitrogens with one attached hydrogen (secondary N) is 1. The van der Waals surface area contributed by atoms with E-state index in [2.05, 4.69) is 25.2 Å². The van der Waals surface area contributed by atoms with E-state index < -0.39 is 0 Å². The number of benzene rings is 1. The summed E-state index contributed by atoms with van der Waals surface area (Å²) >= 11 is 12.3. The zero-order chi connectivity index (χ0) is 22.6. The first-order valence-corrected chi connectivity index (χ1v) is 14.1. The number of hydrogen-bond acceptors (Lipinski definition) is 1. The minimum absolute atomic E-state index is 0.620. The van der Waals surface area contributed by atoms with Crippen LogP contribution < -0.4 is 5.32 Å². The third-order valence-corrected chi connectivity index (χ3v) is 7.13. The van der Waals surface area contributed by atoms with E-state index in [0.717, 1.165) is 6.54 Å². The van der Waals surface area contributed by atoms with Crippen LogP contribution in [0.25, 0.3) is 0 Å². The largest absolute Gasteiger partial charge is 0.310 e. The van der Waals surface area contributed by atoms with Crippen LogP contribution in [0.4, 0.5) is 0 Å². The molecule has 0 saturated carbocycles. The van der Waals surface area contributed by atoms with Crippen LogP contribution in [0.2, 0.25) is 10.0 Å². The molecular formula is C28H49Cl2N. The highest BCUT2D eigenvalue weighted by Gasteiger charge is 2.09. The maximum absolute atomic E-state index is 6.20. The Hall–Kier alpha value is -0.240. The van der Waals surface area contributed by atoms with Gasteiger partial charge in [0.15, 0.2) is 0 Å². The maximum Gasteiger partial charge on any atom is 0.0595 e. The molecule has 0 aliphatic rings. The first-order valence-electron chi connectivity index (χ1n) is 13.3. The Bertz CT molecular complexity index is 512. The molecule has 0 spiro atoms. The van der Waals surface area contributed by atoms with Crippen LogP contribution in [0, 0.1) is 0 Å². The smallest absolute Gasteiger partial charge is 0.0595 e. The van der Waals surface area contributed by atoms with Gasteiger partial charge in [0.1, 0.15) is 0 Å². The highest BCUT2D eigenvalue weighted by atomic mass is 35.5. The summed E-state index contributed by atoms with van der Waals surface area (Å²) in [4.78, 5) is 0. The molecule has 0 unspecified atom stereocenters. The Balaban J connectivity index is 2.28. The van der Waals surface area contributed by atoms with Gasteiger partial charge in [0, 0.05) is 12.6 Å². The molecule has 31 heavy (non-hydrogen) atoms. The van der Waals surface area contributed by atoms with Crippen LogP contribution in [0.3, 0.4) is 0 Å². The molecule has 0 amide bonds. The van der Waals surface area contributed by atoms with E-state index >= 15 is 0 Å². The quantitative estimate of drug-likeness (QED) is 0.176. The normalized spacial score (nSPS) is 11.5. The van der Waals surface area contributed by atoms with Crippen molar-refractivity contribution in [2.24, 2.45) is 0 Å². The van der Waals surface area contributed by atoms with Crippen LogP contribution >= 0.6 is 23.2 Å². The number of unbranched alkanes of at least 4 members (excludes halogenated alkanes) is 14. The fourth-order valence-corrected chi connectivity index (χ4v) is 4.63. The van der Waals surface area contributed by atoms with Crippen molar-refractivity contribution >= 4 is 23.2 Å². The molecule has 0 saturated heterocycles. The highest BCUT2D eigenvalue weighted by Crippen LogP contribution is 2.23. The minimum atomic E-state index is 0.620. The molecule has 0 aliphatic carbocycles. The SMILES string of the molecule is CCCCCCCCCCC(CCCCCCCCCC)NCc1ccc(Cl)c(Cl)c1. The second-order valence-electron chi connectivity index (χ2n) is 9.35. The molecule has 1 N–H and O–H groups in total. The van der Waals surface area contributed by atoms with E-state index in [4.69, 9.17) is 23.2 Å². The van der Waals surface area contributed by atoms with Crippen LogP contribution in [0.5, 0.6) is 0 Å². The predicted molar refractivity (Wildman–Crippen MR) is 142 cm³/mol. The van der Waals surface area contributed by atoms with Gasteiger partial charge in [-0.15, -0.1) is 0 Å². The zero-order valence-corrected chi connectivity index (χ0v) is 22.0. The van der Waals surface area contributed by atoms with Gasteiger partial charge in [-0.2, -0.15) is 0 Å². The average Bonchev–Trinajstić information content (AvgIpc) is 2.77. The summed E-state index contributed by atoms with van der Waals surface area (Å²) < 4.78 is 0. The fraction of sp³-hybridized carbons (Fsp3) is 0.786. The molecule has 0 heterocycles. The third-order valence-electron chi connectivity index (χ3n) is 6.39. The van der Waals surface area contributed by atoms with Crippen molar-refractivity contribution in [2.75, 3.05) is 0 Å². The van der Waals surface area contributed by atoms with Gasteiger partial charge in [-0.05, 0) is 30.5 Å². The van der Waals surface area contributed by atoms with E-state index in [0.29, 0.717) is 16.1 Å². The molecule has 1 nitrogen and oxygen atoms in total. The Labute approximate surface area is 204 Å². The van der Waals surface area contributed by atoms with Crippen molar-refractivity contribution in [1.29, 1.82) is 0 Å². The average molecular weight is 471 g/mol. The predicted octanol–water partition coefficient (Wildman–Crippen LogP) is 10.5. The van der Waals surface area contributed by atoms with Gasteiger partial charge >= 0.3 is 0 Å². The molecule has 0 radical (unpaired) electrons. The number of rotatable bonds is 21. The molecule has 0 fully saturated rings. The monoisotopic (exact) mass is 469 g/mol. The summed E-state index contributed by atoms with van der Waals surface area (Å²) in [5.74, 6) is 0. The lowest BCUT2D eigenvalue weighted by Gasteiger charge is -2.19. The van der Waals surface area contributed by atoms with Gasteiger partial charge in [-0.1, -0.05) is 146 Å². The van der Waals surface area contributed by atoms with Crippen LogP contribution in [-0.4, -0.2) is 6.04 Å². The molecule has 0 atom stereocenters. The van der Waals surface area contributed by atoms with E-state index in [1.54, 1.807) is 0 Å². The molecule has 1 rings (SSSR count). The lowest BCUT2D eigenvalue weighted by Crippen LogP contribution is -2.28. The molecule has 0 aliphatic heterocycles. The van der Waals surface area contributed by atoms with E-state index in [1.165, 1.54) is 121 Å². The summed E-state index contributed by atoms with van der Waals surface area (Å²) in [6.07, 6.45) is 24.9. The lowest BCUT2D eigenvalue weighted by molar-refractivity contribution is 0.410. The highest BCUT2D eigenvalue weighted by molar-refractivity contribution is 6.42. The number of halogens is 2. The molecular weight excluding hydrogens is 421 g/mol. The standard InChI is InChI=1S/C28H49Cl2N/c1-3-5-7-9-11-13-15-17-19-26(20-18-16-14-12-10-8-6-4-2)31-24-25-21-22-27(29)28(30)23-25/h21-23,26,31H,3-20,24H2,1-2H3. The third kappa shape index (κ3) is 16.1. The van der Waals surface area contributed by atoms with E-state index in [1.807, 2.05) is 12.1 Å². The second kappa shape index (κ2) is 20.4. The molecule has 180 valence electrons. The second-order valence-corrected chi connectivity index (χ2v) is 10.2. The Morgan fingerprint density at radius 2 is 1.06 bits per heavy atom. The molecule has 1 aromatic rings. The van der Waals surface area contributed by atoms with Crippen molar-refractivity contribution < 1.29 is 0 Å². The van der Waals surface area contributed by atoms with Gasteiger partial charge in [0.25, 0.3) is 0 Å². The topological polar surface area (TPSA) is 12.0 Å². The summed E-state index contributed by atoms with van der Waals surface area (Å²) in [5, 5.41) is 5.11. The van der Waals surface area contributed by atoms with Gasteiger partial charge in [0.2, 0.25) is 0 Å². The van der Waals surface area contributed by atoms with Crippen LogP contribution in [0.1, 0.15) is 135 Å². The Morgan fingerprint density at radius 3 is 1.52 bits per heavy atom. The van der Waals surface area contributed by atoms with Gasteiger partial charge in [-0.3, -0.25) is 0 Å².